The van der Waals surface area contributed by atoms with Crippen molar-refractivity contribution in [1.82, 2.24) is 0 Å². The summed E-state index contributed by atoms with van der Waals surface area (Å²) in [6, 6.07) is 41.1. The summed E-state index contributed by atoms with van der Waals surface area (Å²) < 4.78 is 11.4. The molecule has 0 bridgehead atoms. The van der Waals surface area contributed by atoms with Crippen molar-refractivity contribution in [2.75, 3.05) is 16.9 Å². The van der Waals surface area contributed by atoms with Crippen LogP contribution in [0, 0.1) is 11.8 Å². The molecule has 0 saturated heterocycles. The minimum Gasteiger partial charge on any atom is -0.497 e. The van der Waals surface area contributed by atoms with Gasteiger partial charge >= 0.3 is 0 Å². The maximum absolute atomic E-state index is 13.8. The molecule has 54 heavy (non-hydrogen) atoms. The van der Waals surface area contributed by atoms with Gasteiger partial charge in [0.15, 0.2) is 0 Å². The zero-order valence-corrected chi connectivity index (χ0v) is 29.6. The van der Waals surface area contributed by atoms with Crippen LogP contribution in [0.2, 0.25) is 0 Å². The van der Waals surface area contributed by atoms with Gasteiger partial charge in [-0.1, -0.05) is 74.2 Å². The molecule has 0 fully saturated rings. The fourth-order valence-corrected chi connectivity index (χ4v) is 6.76. The van der Waals surface area contributed by atoms with E-state index in [1.165, 1.54) is 6.07 Å². The molecule has 0 N–H and O–H groups in total. The van der Waals surface area contributed by atoms with Gasteiger partial charge in [0, 0.05) is 16.5 Å². The Morgan fingerprint density at radius 2 is 0.963 bits per heavy atom. The van der Waals surface area contributed by atoms with Crippen molar-refractivity contribution in [1.29, 1.82) is 0 Å². The highest BCUT2D eigenvalue weighted by molar-refractivity contribution is 6.36. The molecule has 2 aliphatic heterocycles. The molecule has 4 amide bonds. The first-order chi connectivity index (χ1) is 26.1. The third-order valence-electron chi connectivity index (χ3n) is 9.84. The number of nitrogens with zero attached hydrogens (tertiary/aromatic N) is 2. The molecule has 0 atom stereocenters. The average molecular weight is 709 g/mol. The zero-order valence-electron chi connectivity index (χ0n) is 29.6. The first-order valence-corrected chi connectivity index (χ1v) is 17.3. The number of ether oxygens (including phenoxy) is 2. The molecule has 6 aromatic rings. The Kier molecular flexibility index (Phi) is 8.40. The molecular weight excluding hydrogens is 677 g/mol. The average Bonchev–Trinajstić information content (AvgIpc) is 3.60. The third-order valence-corrected chi connectivity index (χ3v) is 9.84. The molecule has 6 aromatic carbocycles. The lowest BCUT2D eigenvalue weighted by molar-refractivity contribution is 0.0912. The molecule has 0 aliphatic carbocycles. The molecule has 262 valence electrons. The summed E-state index contributed by atoms with van der Waals surface area (Å²) in [4.78, 5) is 56.6. The van der Waals surface area contributed by atoms with Crippen LogP contribution in [-0.4, -0.2) is 30.7 Å². The highest BCUT2D eigenvalue weighted by atomic mass is 16.5. The van der Waals surface area contributed by atoms with E-state index in [9.17, 15) is 19.2 Å². The molecule has 0 saturated carbocycles. The van der Waals surface area contributed by atoms with Crippen molar-refractivity contribution in [2.24, 2.45) is 0 Å². The minimum absolute atomic E-state index is 0.185. The largest absolute Gasteiger partial charge is 0.497 e. The summed E-state index contributed by atoms with van der Waals surface area (Å²) >= 11 is 0. The van der Waals surface area contributed by atoms with E-state index in [2.05, 4.69) is 37.8 Å². The third kappa shape index (κ3) is 5.98. The minimum atomic E-state index is -0.543. The number of fused-ring (bicyclic) bond motifs is 2. The summed E-state index contributed by atoms with van der Waals surface area (Å²) in [6.07, 6.45) is 0. The predicted octanol–water partition coefficient (Wildman–Crippen LogP) is 8.81. The SMILES string of the molecule is COc1ccc(C(C)(C)c2ccc(Oc3ccc4c(c3)C(=O)N(c3cccc(N5C(=O)c6ccc(C#Cc7ccccc7)cc6C5=O)c3)C4=O)cc2)cc1. The van der Waals surface area contributed by atoms with Gasteiger partial charge in [0.2, 0.25) is 0 Å². The maximum atomic E-state index is 13.8. The fourth-order valence-electron chi connectivity index (χ4n) is 6.76. The number of rotatable bonds is 7. The molecule has 0 aromatic heterocycles. The molecule has 0 radical (unpaired) electrons. The van der Waals surface area contributed by atoms with E-state index in [-0.39, 0.29) is 39.0 Å². The molecule has 0 spiro atoms. The highest BCUT2D eigenvalue weighted by Gasteiger charge is 2.40. The molecule has 0 unspecified atom stereocenters. The van der Waals surface area contributed by atoms with Crippen LogP contribution in [0.15, 0.2) is 140 Å². The number of hydrogen-bond acceptors (Lipinski definition) is 6. The van der Waals surface area contributed by atoms with E-state index < -0.39 is 23.6 Å². The lowest BCUT2D eigenvalue weighted by Gasteiger charge is -2.26. The second-order valence-corrected chi connectivity index (χ2v) is 13.5. The van der Waals surface area contributed by atoms with Crippen molar-refractivity contribution in [3.05, 3.63) is 184 Å². The van der Waals surface area contributed by atoms with Crippen molar-refractivity contribution in [2.45, 2.75) is 19.3 Å². The van der Waals surface area contributed by atoms with E-state index in [0.717, 1.165) is 32.2 Å². The Balaban J connectivity index is 0.995. The van der Waals surface area contributed by atoms with E-state index in [1.807, 2.05) is 66.7 Å². The first-order valence-electron chi connectivity index (χ1n) is 17.3. The zero-order chi connectivity index (χ0) is 37.6. The van der Waals surface area contributed by atoms with Crippen molar-refractivity contribution in [3.63, 3.8) is 0 Å². The van der Waals surface area contributed by atoms with E-state index in [0.29, 0.717) is 17.1 Å². The van der Waals surface area contributed by atoms with Gasteiger partial charge < -0.3 is 9.47 Å². The number of anilines is 2. The molecular formula is C46H32N2O6. The van der Waals surface area contributed by atoms with Crippen LogP contribution in [0.5, 0.6) is 17.2 Å². The lowest BCUT2D eigenvalue weighted by Crippen LogP contribution is -2.31. The van der Waals surface area contributed by atoms with Gasteiger partial charge in [-0.05, 0) is 102 Å². The fraction of sp³-hybridized carbons (Fsp3) is 0.0870. The Hall–Kier alpha value is -7.24. The summed E-state index contributed by atoms with van der Waals surface area (Å²) in [6.45, 7) is 4.29. The molecule has 2 aliphatic rings. The Morgan fingerprint density at radius 1 is 0.463 bits per heavy atom. The van der Waals surface area contributed by atoms with E-state index in [1.54, 1.807) is 61.7 Å². The summed E-state index contributed by atoms with van der Waals surface area (Å²) in [7, 11) is 1.64. The van der Waals surface area contributed by atoms with Crippen LogP contribution in [-0.2, 0) is 5.41 Å². The van der Waals surface area contributed by atoms with Crippen molar-refractivity contribution < 1.29 is 28.7 Å². The van der Waals surface area contributed by atoms with E-state index >= 15 is 0 Å². The van der Waals surface area contributed by atoms with Gasteiger partial charge in [0.05, 0.1) is 40.7 Å². The number of imide groups is 2. The number of carbonyl (C=O) groups is 4. The van der Waals surface area contributed by atoms with Crippen LogP contribution in [0.3, 0.4) is 0 Å². The Bertz CT molecular complexity index is 2560. The number of carbonyl (C=O) groups excluding carboxylic acids is 4. The van der Waals surface area contributed by atoms with Crippen LogP contribution < -0.4 is 19.3 Å². The van der Waals surface area contributed by atoms with Gasteiger partial charge in [-0.3, -0.25) is 19.2 Å². The number of amides is 4. The van der Waals surface area contributed by atoms with Crippen LogP contribution >= 0.6 is 0 Å². The highest BCUT2D eigenvalue weighted by Crippen LogP contribution is 2.37. The molecule has 8 nitrogen and oxygen atoms in total. The quantitative estimate of drug-likeness (QED) is 0.122. The lowest BCUT2D eigenvalue weighted by atomic mass is 9.78. The van der Waals surface area contributed by atoms with E-state index in [4.69, 9.17) is 9.47 Å². The predicted molar refractivity (Wildman–Crippen MR) is 206 cm³/mol. The van der Waals surface area contributed by atoms with Gasteiger partial charge in [-0.2, -0.15) is 0 Å². The molecule has 2 heterocycles. The number of hydrogen-bond donors (Lipinski definition) is 0. The van der Waals surface area contributed by atoms with Crippen LogP contribution in [0.1, 0.15) is 77.5 Å². The maximum Gasteiger partial charge on any atom is 0.266 e. The Labute approximate surface area is 312 Å². The monoisotopic (exact) mass is 708 g/mol. The van der Waals surface area contributed by atoms with Crippen LogP contribution in [0.25, 0.3) is 0 Å². The normalized spacial score (nSPS) is 13.4. The summed E-state index contributed by atoms with van der Waals surface area (Å²) in [5, 5.41) is 0. The van der Waals surface area contributed by atoms with Gasteiger partial charge in [0.1, 0.15) is 17.2 Å². The van der Waals surface area contributed by atoms with Crippen LogP contribution in [0.4, 0.5) is 11.4 Å². The number of methoxy groups -OCH3 is 1. The summed E-state index contributed by atoms with van der Waals surface area (Å²) in [5.41, 5.74) is 4.71. The van der Waals surface area contributed by atoms with Gasteiger partial charge in [0.25, 0.3) is 23.6 Å². The van der Waals surface area contributed by atoms with Gasteiger partial charge in [-0.25, -0.2) is 9.80 Å². The number of benzene rings is 6. The molecule has 8 heteroatoms. The second kappa shape index (κ2) is 13.4. The van der Waals surface area contributed by atoms with Crippen molar-refractivity contribution >= 4 is 35.0 Å². The smallest absolute Gasteiger partial charge is 0.266 e. The van der Waals surface area contributed by atoms with Gasteiger partial charge in [-0.15, -0.1) is 0 Å². The molecule has 8 rings (SSSR count). The second-order valence-electron chi connectivity index (χ2n) is 13.5. The standard InChI is InChI=1S/C46H32N2O6/c1-46(2,31-15-19-35(53-3)20-16-31)32-17-21-36(22-18-32)54-37-23-25-39-41(28-37)45(52)48(43(39)50)34-11-7-10-33(27-34)47-42(49)38-24-14-30(26-40(38)44(47)51)13-12-29-8-5-4-6-9-29/h4-11,14-28H,1-3H3. The summed E-state index contributed by atoms with van der Waals surface area (Å²) in [5.74, 6) is 5.80. The first kappa shape index (κ1) is 33.9. The Morgan fingerprint density at radius 3 is 1.56 bits per heavy atom. The topological polar surface area (TPSA) is 93.2 Å². The van der Waals surface area contributed by atoms with Crippen molar-refractivity contribution in [3.8, 4) is 29.1 Å².